The van der Waals surface area contributed by atoms with E-state index in [2.05, 4.69) is 20.8 Å². The third-order valence-corrected chi connectivity index (χ3v) is 5.61. The molecule has 12 nitrogen and oxygen atoms in total. The minimum atomic E-state index is -1.01. The molecule has 13 heteroatoms. The quantitative estimate of drug-likeness (QED) is 0.151. The van der Waals surface area contributed by atoms with E-state index in [1.165, 1.54) is 6.07 Å². The van der Waals surface area contributed by atoms with Crippen LogP contribution in [-0.2, 0) is 23.9 Å². The lowest BCUT2D eigenvalue weighted by atomic mass is 10.0. The van der Waals surface area contributed by atoms with Crippen molar-refractivity contribution in [2.75, 3.05) is 51.4 Å². The van der Waals surface area contributed by atoms with Crippen molar-refractivity contribution in [3.8, 4) is 0 Å². The maximum atomic E-state index is 13.0. The molecule has 4 N–H and O–H groups in total. The highest BCUT2D eigenvalue weighted by molar-refractivity contribution is 6.25. The number of benzene rings is 1. The second-order valence-corrected chi connectivity index (χ2v) is 8.08. The number of piperidine rings is 1. The van der Waals surface area contributed by atoms with Gasteiger partial charge in [-0.15, -0.1) is 0 Å². The number of anilines is 1. The van der Waals surface area contributed by atoms with E-state index in [9.17, 15) is 24.0 Å². The van der Waals surface area contributed by atoms with Crippen molar-refractivity contribution in [1.82, 2.24) is 20.4 Å². The van der Waals surface area contributed by atoms with Gasteiger partial charge in [-0.3, -0.25) is 34.2 Å². The predicted octanol–water partition coefficient (Wildman–Crippen LogP) is -0.217. The molecule has 35 heavy (non-hydrogen) atoms. The molecule has 2 heterocycles. The SMILES string of the molecule is O=C(CCOCCOCCNc1cccc2c1C(=O)N(C1CCC(=O)NC1=O)C2=O)NCCNCl. The molecule has 1 aromatic rings. The van der Waals surface area contributed by atoms with Crippen molar-refractivity contribution in [3.63, 3.8) is 0 Å². The Bertz CT molecular complexity index is 974. The number of nitrogens with one attached hydrogen (secondary N) is 4. The van der Waals surface area contributed by atoms with Crippen LogP contribution in [0.1, 0.15) is 40.0 Å². The monoisotopic (exact) mass is 509 g/mol. The van der Waals surface area contributed by atoms with E-state index in [-0.39, 0.29) is 42.9 Å². The average molecular weight is 510 g/mol. The fourth-order valence-corrected chi connectivity index (χ4v) is 3.84. The first-order chi connectivity index (χ1) is 16.9. The summed E-state index contributed by atoms with van der Waals surface area (Å²) in [4.78, 5) is 64.3. The Morgan fingerprint density at radius 3 is 2.54 bits per heavy atom. The molecule has 0 radical (unpaired) electrons. The van der Waals surface area contributed by atoms with Crippen LogP contribution in [0.25, 0.3) is 0 Å². The summed E-state index contributed by atoms with van der Waals surface area (Å²) in [6.07, 6.45) is 0.409. The van der Waals surface area contributed by atoms with Crippen LogP contribution < -0.4 is 20.8 Å². The van der Waals surface area contributed by atoms with Crippen molar-refractivity contribution >= 4 is 47.0 Å². The summed E-state index contributed by atoms with van der Waals surface area (Å²) in [7, 11) is 0. The molecule has 0 spiro atoms. The Morgan fingerprint density at radius 2 is 1.80 bits per heavy atom. The summed E-state index contributed by atoms with van der Waals surface area (Å²) in [6.45, 7) is 2.53. The van der Waals surface area contributed by atoms with E-state index >= 15 is 0 Å². The Morgan fingerprint density at radius 1 is 1.03 bits per heavy atom. The first-order valence-electron chi connectivity index (χ1n) is 11.3. The summed E-state index contributed by atoms with van der Waals surface area (Å²) in [5.74, 6) is -2.32. The molecule has 1 unspecified atom stereocenters. The number of carbonyl (C=O) groups is 5. The molecule has 2 aliphatic heterocycles. The van der Waals surface area contributed by atoms with Crippen LogP contribution >= 0.6 is 11.8 Å². The van der Waals surface area contributed by atoms with Crippen LogP contribution in [0.3, 0.4) is 0 Å². The molecule has 0 aliphatic carbocycles. The number of nitrogens with zero attached hydrogens (tertiary/aromatic N) is 1. The lowest BCUT2D eigenvalue weighted by Gasteiger charge is -2.27. The van der Waals surface area contributed by atoms with Gasteiger partial charge in [0.1, 0.15) is 6.04 Å². The van der Waals surface area contributed by atoms with E-state index in [0.717, 1.165) is 4.90 Å². The van der Waals surface area contributed by atoms with E-state index in [1.807, 2.05) is 0 Å². The second kappa shape index (κ2) is 13.1. The number of ether oxygens (including phenoxy) is 2. The van der Waals surface area contributed by atoms with Gasteiger partial charge in [-0.1, -0.05) is 6.07 Å². The molecule has 1 fully saturated rings. The molecular formula is C22H28ClN5O7. The number of rotatable bonds is 14. The topological polar surface area (TPSA) is 155 Å². The van der Waals surface area contributed by atoms with Gasteiger partial charge in [0.2, 0.25) is 17.7 Å². The van der Waals surface area contributed by atoms with Crippen molar-refractivity contribution in [2.45, 2.75) is 25.3 Å². The van der Waals surface area contributed by atoms with Gasteiger partial charge < -0.3 is 20.1 Å². The molecular weight excluding hydrogens is 482 g/mol. The fourth-order valence-electron chi connectivity index (χ4n) is 3.74. The van der Waals surface area contributed by atoms with Crippen LogP contribution in [0, 0.1) is 0 Å². The van der Waals surface area contributed by atoms with Crippen LogP contribution in [0.2, 0.25) is 0 Å². The van der Waals surface area contributed by atoms with Gasteiger partial charge in [-0.25, -0.2) is 4.84 Å². The van der Waals surface area contributed by atoms with Crippen LogP contribution in [0.5, 0.6) is 0 Å². The number of fused-ring (bicyclic) bond motifs is 1. The molecule has 1 saturated heterocycles. The maximum absolute atomic E-state index is 13.0. The average Bonchev–Trinajstić information content (AvgIpc) is 3.09. The zero-order valence-corrected chi connectivity index (χ0v) is 19.8. The maximum Gasteiger partial charge on any atom is 0.264 e. The Hall–Kier alpha value is -3.06. The first-order valence-corrected chi connectivity index (χ1v) is 11.7. The van der Waals surface area contributed by atoms with Gasteiger partial charge in [0, 0.05) is 38.2 Å². The zero-order valence-electron chi connectivity index (χ0n) is 19.1. The van der Waals surface area contributed by atoms with Crippen LogP contribution in [0.15, 0.2) is 18.2 Å². The smallest absolute Gasteiger partial charge is 0.264 e. The number of hydrogen-bond donors (Lipinski definition) is 4. The van der Waals surface area contributed by atoms with E-state index in [0.29, 0.717) is 45.1 Å². The molecule has 5 amide bonds. The summed E-state index contributed by atoms with van der Waals surface area (Å²) in [5.41, 5.74) is 0.874. The molecule has 1 aromatic carbocycles. The largest absolute Gasteiger partial charge is 0.382 e. The first kappa shape index (κ1) is 26.5. The lowest BCUT2D eigenvalue weighted by Crippen LogP contribution is -2.54. The van der Waals surface area contributed by atoms with Crippen molar-refractivity contribution in [1.29, 1.82) is 0 Å². The number of halogens is 1. The number of imide groups is 2. The minimum Gasteiger partial charge on any atom is -0.382 e. The molecule has 0 aromatic heterocycles. The van der Waals surface area contributed by atoms with Gasteiger partial charge in [0.25, 0.3) is 11.8 Å². The van der Waals surface area contributed by atoms with E-state index in [4.69, 9.17) is 21.3 Å². The van der Waals surface area contributed by atoms with Gasteiger partial charge in [-0.05, 0) is 30.3 Å². The number of hydrogen-bond acceptors (Lipinski definition) is 9. The normalized spacial score (nSPS) is 17.4. The highest BCUT2D eigenvalue weighted by atomic mass is 35.5. The number of amides is 5. The molecule has 3 rings (SSSR count). The summed E-state index contributed by atoms with van der Waals surface area (Å²) in [5, 5.41) is 7.95. The third-order valence-electron chi connectivity index (χ3n) is 5.42. The van der Waals surface area contributed by atoms with Gasteiger partial charge in [-0.2, -0.15) is 0 Å². The van der Waals surface area contributed by atoms with Gasteiger partial charge in [0.15, 0.2) is 0 Å². The standard InChI is InChI=1S/C22H28ClN5O7/c23-26-8-7-25-17(29)6-10-34-12-13-35-11-9-24-15-3-1-2-14-19(15)22(33)28(21(14)32)16-4-5-18(30)27-20(16)31/h1-3,16,24,26H,4-13H2,(H,25,29)(H,27,30,31). The van der Waals surface area contributed by atoms with Crippen LogP contribution in [0.4, 0.5) is 5.69 Å². The Balaban J connectivity index is 1.39. The predicted molar refractivity (Wildman–Crippen MR) is 125 cm³/mol. The third kappa shape index (κ3) is 6.98. The van der Waals surface area contributed by atoms with E-state index < -0.39 is 29.7 Å². The van der Waals surface area contributed by atoms with Crippen molar-refractivity contribution < 1.29 is 33.4 Å². The van der Waals surface area contributed by atoms with Gasteiger partial charge in [0.05, 0.1) is 37.6 Å². The van der Waals surface area contributed by atoms with Crippen molar-refractivity contribution in [3.05, 3.63) is 29.3 Å². The van der Waals surface area contributed by atoms with Crippen molar-refractivity contribution in [2.24, 2.45) is 0 Å². The molecule has 0 bridgehead atoms. The highest BCUT2D eigenvalue weighted by Gasteiger charge is 2.45. The van der Waals surface area contributed by atoms with Crippen LogP contribution in [-0.4, -0.2) is 86.5 Å². The van der Waals surface area contributed by atoms with Gasteiger partial charge >= 0.3 is 0 Å². The fraction of sp³-hybridized carbons (Fsp3) is 0.500. The minimum absolute atomic E-state index is 0.0649. The Labute approximate surface area is 207 Å². The zero-order chi connectivity index (χ0) is 25.2. The summed E-state index contributed by atoms with van der Waals surface area (Å²) < 4.78 is 10.8. The second-order valence-electron chi connectivity index (χ2n) is 7.81. The molecule has 2 aliphatic rings. The molecule has 190 valence electrons. The summed E-state index contributed by atoms with van der Waals surface area (Å²) in [6, 6.07) is 3.85. The summed E-state index contributed by atoms with van der Waals surface area (Å²) >= 11 is 5.30. The van der Waals surface area contributed by atoms with E-state index in [1.54, 1.807) is 12.1 Å². The molecule has 1 atom stereocenters. The lowest BCUT2D eigenvalue weighted by molar-refractivity contribution is -0.136. The number of carbonyl (C=O) groups excluding carboxylic acids is 5. The highest BCUT2D eigenvalue weighted by Crippen LogP contribution is 2.32. The Kier molecular flexibility index (Phi) is 9.97. The molecule has 0 saturated carbocycles.